The lowest BCUT2D eigenvalue weighted by atomic mass is 10.2. The van der Waals surface area contributed by atoms with Crippen molar-refractivity contribution in [2.75, 3.05) is 0 Å². The molecule has 5 heteroatoms. The van der Waals surface area contributed by atoms with E-state index >= 15 is 0 Å². The van der Waals surface area contributed by atoms with Crippen LogP contribution in [0.1, 0.15) is 31.2 Å². The first-order chi connectivity index (χ1) is 8.22. The zero-order valence-electron chi connectivity index (χ0n) is 9.42. The van der Waals surface area contributed by atoms with Crippen molar-refractivity contribution < 1.29 is 4.39 Å². The summed E-state index contributed by atoms with van der Waals surface area (Å²) in [5.41, 5.74) is 3.03. The van der Waals surface area contributed by atoms with Crippen LogP contribution in [0.15, 0.2) is 23.2 Å². The Hall–Kier alpha value is -1.13. The van der Waals surface area contributed by atoms with Crippen molar-refractivity contribution >= 4 is 17.4 Å². The number of nitrogens with two attached hydrogens (primary N) is 1. The van der Waals surface area contributed by atoms with Gasteiger partial charge in [-0.05, 0) is 25.0 Å². The molecule has 1 aromatic rings. The number of nitrogens with one attached hydrogen (secondary N) is 1. The number of hydrazine groups is 1. The molecule has 3 nitrogen and oxygen atoms in total. The van der Waals surface area contributed by atoms with E-state index in [1.807, 2.05) is 0 Å². The van der Waals surface area contributed by atoms with E-state index in [1.165, 1.54) is 18.9 Å². The van der Waals surface area contributed by atoms with Crippen molar-refractivity contribution in [2.24, 2.45) is 10.8 Å². The third-order valence-electron chi connectivity index (χ3n) is 2.98. The van der Waals surface area contributed by atoms with Gasteiger partial charge in [-0.1, -0.05) is 30.5 Å². The number of aliphatic imine (C=N–C) groups is 1. The number of nitrogens with zero attached hydrogens (tertiary/aromatic N) is 1. The van der Waals surface area contributed by atoms with E-state index in [1.54, 1.807) is 12.1 Å². The molecule has 92 valence electrons. The molecule has 0 atom stereocenters. The molecule has 0 amide bonds. The summed E-state index contributed by atoms with van der Waals surface area (Å²) >= 11 is 5.90. The highest BCUT2D eigenvalue weighted by molar-refractivity contribution is 6.34. The Kier molecular flexibility index (Phi) is 3.97. The van der Waals surface area contributed by atoms with E-state index in [9.17, 15) is 4.39 Å². The maximum absolute atomic E-state index is 13.3. The van der Waals surface area contributed by atoms with Crippen LogP contribution in [0.4, 0.5) is 4.39 Å². The van der Waals surface area contributed by atoms with Gasteiger partial charge in [0.2, 0.25) is 0 Å². The molecule has 0 aromatic heterocycles. The molecule has 1 aromatic carbocycles. The molecule has 2 rings (SSSR count). The lowest BCUT2D eigenvalue weighted by Gasteiger charge is -2.11. The Morgan fingerprint density at radius 3 is 2.76 bits per heavy atom. The van der Waals surface area contributed by atoms with Crippen LogP contribution in [0.5, 0.6) is 0 Å². The maximum Gasteiger partial charge on any atom is 0.144 e. The van der Waals surface area contributed by atoms with Crippen molar-refractivity contribution in [3.63, 3.8) is 0 Å². The van der Waals surface area contributed by atoms with Gasteiger partial charge in [0.15, 0.2) is 0 Å². The van der Waals surface area contributed by atoms with Gasteiger partial charge >= 0.3 is 0 Å². The Bertz CT molecular complexity index is 428. The van der Waals surface area contributed by atoms with Crippen LogP contribution < -0.4 is 11.3 Å². The lowest BCUT2D eigenvalue weighted by molar-refractivity contribution is 0.627. The van der Waals surface area contributed by atoms with Crippen molar-refractivity contribution in [3.8, 4) is 0 Å². The number of hydrogen-bond donors (Lipinski definition) is 2. The summed E-state index contributed by atoms with van der Waals surface area (Å²) in [5.74, 6) is 5.44. The van der Waals surface area contributed by atoms with Crippen molar-refractivity contribution in [2.45, 2.75) is 31.7 Å². The monoisotopic (exact) mass is 255 g/mol. The fraction of sp³-hybridized carbons (Fsp3) is 0.417. The summed E-state index contributed by atoms with van der Waals surface area (Å²) in [6.07, 6.45) is 4.47. The van der Waals surface area contributed by atoms with Gasteiger partial charge < -0.3 is 5.43 Å². The zero-order chi connectivity index (χ0) is 12.3. The molecule has 1 aliphatic carbocycles. The highest BCUT2D eigenvalue weighted by Gasteiger charge is 2.17. The van der Waals surface area contributed by atoms with E-state index in [0.29, 0.717) is 11.4 Å². The quantitative estimate of drug-likeness (QED) is 0.369. The van der Waals surface area contributed by atoms with E-state index in [0.717, 1.165) is 12.8 Å². The molecule has 0 bridgehead atoms. The smallest absolute Gasteiger partial charge is 0.144 e. The normalized spacial score (nSPS) is 17.5. The SMILES string of the molecule is NNC(=NC1CCCC1)c1cccc(F)c1Cl. The number of benzene rings is 1. The van der Waals surface area contributed by atoms with E-state index in [-0.39, 0.29) is 11.1 Å². The molecule has 1 fully saturated rings. The molecule has 1 saturated carbocycles. The zero-order valence-corrected chi connectivity index (χ0v) is 10.2. The fourth-order valence-corrected chi connectivity index (χ4v) is 2.30. The molecule has 0 spiro atoms. The van der Waals surface area contributed by atoms with Crippen LogP contribution in [0.2, 0.25) is 5.02 Å². The molecule has 1 aliphatic rings. The summed E-state index contributed by atoms with van der Waals surface area (Å²) in [7, 11) is 0. The standard InChI is InChI=1S/C12H15ClFN3/c13-11-9(6-3-7-10(11)14)12(17-15)16-8-4-1-2-5-8/h3,6-8H,1-2,4-5,15H2,(H,16,17). The van der Waals surface area contributed by atoms with Crippen LogP contribution in [0.25, 0.3) is 0 Å². The largest absolute Gasteiger partial charge is 0.308 e. The highest BCUT2D eigenvalue weighted by atomic mass is 35.5. The number of halogens is 2. The minimum absolute atomic E-state index is 0.0576. The van der Waals surface area contributed by atoms with Gasteiger partial charge in [0.1, 0.15) is 11.7 Å². The molecule has 3 N–H and O–H groups in total. The van der Waals surface area contributed by atoms with Gasteiger partial charge in [-0.2, -0.15) is 0 Å². The van der Waals surface area contributed by atoms with Crippen LogP contribution in [-0.4, -0.2) is 11.9 Å². The fourth-order valence-electron chi connectivity index (χ4n) is 2.09. The third kappa shape index (κ3) is 2.76. The van der Waals surface area contributed by atoms with Crippen LogP contribution in [-0.2, 0) is 0 Å². The first-order valence-electron chi connectivity index (χ1n) is 5.71. The number of hydrogen-bond acceptors (Lipinski definition) is 2. The first kappa shape index (κ1) is 12.3. The minimum Gasteiger partial charge on any atom is -0.308 e. The van der Waals surface area contributed by atoms with Gasteiger partial charge in [-0.15, -0.1) is 0 Å². The van der Waals surface area contributed by atoms with Crippen LogP contribution in [0, 0.1) is 5.82 Å². The van der Waals surface area contributed by atoms with Gasteiger partial charge in [0.25, 0.3) is 0 Å². The van der Waals surface area contributed by atoms with Crippen molar-refractivity contribution in [3.05, 3.63) is 34.6 Å². The first-order valence-corrected chi connectivity index (χ1v) is 6.09. The van der Waals surface area contributed by atoms with E-state index in [2.05, 4.69) is 10.4 Å². The Balaban J connectivity index is 2.31. The van der Waals surface area contributed by atoms with Crippen LogP contribution >= 0.6 is 11.6 Å². The molecule has 0 saturated heterocycles. The summed E-state index contributed by atoms with van der Waals surface area (Å²) in [6.45, 7) is 0. The van der Waals surface area contributed by atoms with Crippen molar-refractivity contribution in [1.29, 1.82) is 0 Å². The second-order valence-corrected chi connectivity index (χ2v) is 4.54. The van der Waals surface area contributed by atoms with E-state index in [4.69, 9.17) is 17.4 Å². The molecular formula is C12H15ClFN3. The summed E-state index contributed by atoms with van der Waals surface area (Å²) in [4.78, 5) is 4.50. The van der Waals surface area contributed by atoms with Gasteiger partial charge in [-0.3, -0.25) is 4.99 Å². The topological polar surface area (TPSA) is 50.4 Å². The Labute approximate surface area is 105 Å². The van der Waals surface area contributed by atoms with E-state index < -0.39 is 5.82 Å². The number of amidine groups is 1. The van der Waals surface area contributed by atoms with Gasteiger partial charge in [0, 0.05) is 5.56 Å². The molecule has 0 aliphatic heterocycles. The summed E-state index contributed by atoms with van der Waals surface area (Å²) in [6, 6.07) is 4.88. The molecule has 0 heterocycles. The predicted molar refractivity (Wildman–Crippen MR) is 67.5 cm³/mol. The average molecular weight is 256 g/mol. The van der Waals surface area contributed by atoms with Gasteiger partial charge in [0.05, 0.1) is 11.1 Å². The van der Waals surface area contributed by atoms with Gasteiger partial charge in [-0.25, -0.2) is 10.2 Å². The molecule has 0 radical (unpaired) electrons. The Morgan fingerprint density at radius 2 is 2.12 bits per heavy atom. The van der Waals surface area contributed by atoms with Crippen molar-refractivity contribution in [1.82, 2.24) is 5.43 Å². The average Bonchev–Trinajstić information content (AvgIpc) is 2.83. The second-order valence-electron chi connectivity index (χ2n) is 4.16. The minimum atomic E-state index is -0.460. The Morgan fingerprint density at radius 1 is 1.41 bits per heavy atom. The predicted octanol–water partition coefficient (Wildman–Crippen LogP) is 2.63. The maximum atomic E-state index is 13.3. The molecule has 17 heavy (non-hydrogen) atoms. The summed E-state index contributed by atoms with van der Waals surface area (Å²) in [5, 5.41) is 0.0576. The molecular weight excluding hydrogens is 241 g/mol. The molecule has 0 unspecified atom stereocenters. The van der Waals surface area contributed by atoms with Crippen LogP contribution in [0.3, 0.4) is 0 Å². The highest BCUT2D eigenvalue weighted by Crippen LogP contribution is 2.24. The number of rotatable bonds is 2. The summed E-state index contributed by atoms with van der Waals surface area (Å²) < 4.78 is 13.3. The second kappa shape index (κ2) is 5.47. The lowest BCUT2D eigenvalue weighted by Crippen LogP contribution is -2.32. The third-order valence-corrected chi connectivity index (χ3v) is 3.36.